The van der Waals surface area contributed by atoms with Gasteiger partial charge in [-0.15, -0.1) is 11.8 Å². The summed E-state index contributed by atoms with van der Waals surface area (Å²) in [4.78, 5) is 4.64. The maximum absolute atomic E-state index is 13.7. The molecule has 4 heteroatoms. The molecule has 0 saturated heterocycles. The van der Waals surface area contributed by atoms with E-state index in [1.165, 1.54) is 46.9 Å². The van der Waals surface area contributed by atoms with Crippen LogP contribution in [0.4, 0.5) is 4.39 Å². The van der Waals surface area contributed by atoms with Crippen molar-refractivity contribution < 1.29 is 4.39 Å². The summed E-state index contributed by atoms with van der Waals surface area (Å²) in [6.45, 7) is 0. The van der Waals surface area contributed by atoms with Gasteiger partial charge in [-0.3, -0.25) is 0 Å². The van der Waals surface area contributed by atoms with Crippen molar-refractivity contribution >= 4 is 58.6 Å². The number of fused-ring (bicyclic) bond motifs is 3. The molecule has 0 radical (unpaired) electrons. The molecule has 1 aromatic heterocycles. The fourth-order valence-corrected chi connectivity index (χ4v) is 6.16. The number of pyridine rings is 1. The van der Waals surface area contributed by atoms with Crippen LogP contribution in [0, 0.1) is 11.7 Å². The van der Waals surface area contributed by atoms with E-state index in [0.29, 0.717) is 10.8 Å². The van der Waals surface area contributed by atoms with Crippen molar-refractivity contribution in [2.24, 2.45) is 5.92 Å². The number of hydrogen-bond donors (Lipinski definition) is 0. The maximum Gasteiger partial charge on any atom is 0.142 e. The smallest absolute Gasteiger partial charge is 0.142 e. The molecule has 6 rings (SSSR count). The van der Waals surface area contributed by atoms with E-state index in [2.05, 4.69) is 77.4 Å². The van der Waals surface area contributed by atoms with Crippen molar-refractivity contribution in [1.29, 1.82) is 0 Å². The fourth-order valence-electron chi connectivity index (χ4n) is 4.43. The first-order valence-electron chi connectivity index (χ1n) is 11.6. The number of thioether (sulfide) groups is 1. The van der Waals surface area contributed by atoms with Crippen molar-refractivity contribution in [3.63, 3.8) is 0 Å². The normalized spacial score (nSPS) is 17.1. The van der Waals surface area contributed by atoms with Crippen LogP contribution in [0.3, 0.4) is 0 Å². The Balaban J connectivity index is 1.34. The molecule has 1 atom stereocenters. The van der Waals surface area contributed by atoms with Gasteiger partial charge < -0.3 is 0 Å². The van der Waals surface area contributed by atoms with E-state index in [4.69, 9.17) is 11.6 Å². The van der Waals surface area contributed by atoms with E-state index in [0.717, 1.165) is 22.6 Å². The Hall–Kier alpha value is -2.88. The third kappa shape index (κ3) is 4.43. The monoisotopic (exact) mass is 483 g/mol. The number of halogens is 2. The average molecular weight is 484 g/mol. The van der Waals surface area contributed by atoms with Gasteiger partial charge in [0.25, 0.3) is 0 Å². The van der Waals surface area contributed by atoms with Crippen molar-refractivity contribution in [3.8, 4) is 0 Å². The number of aromatic nitrogens is 1. The SMILES string of the molecule is Fc1cc2ccc(/C=C/c3ccc4c(c3)C(SCC3CC3)c3ccccc3C=C4)nc2cc1Cl. The first-order valence-corrected chi connectivity index (χ1v) is 13.0. The van der Waals surface area contributed by atoms with Gasteiger partial charge in [-0.25, -0.2) is 9.37 Å². The molecule has 2 aliphatic rings. The number of benzene rings is 3. The Labute approximate surface area is 208 Å². The number of hydrogen-bond acceptors (Lipinski definition) is 2. The van der Waals surface area contributed by atoms with Crippen LogP contribution in [0.15, 0.2) is 66.7 Å². The first-order chi connectivity index (χ1) is 16.6. The summed E-state index contributed by atoms with van der Waals surface area (Å²) in [5.74, 6) is 1.66. The van der Waals surface area contributed by atoms with E-state index in [-0.39, 0.29) is 5.02 Å². The van der Waals surface area contributed by atoms with E-state index in [1.807, 2.05) is 18.2 Å². The van der Waals surface area contributed by atoms with Crippen LogP contribution in [0.1, 0.15) is 51.6 Å². The standard InChI is InChI=1S/C30H23ClFNS/c31-27-17-29-23(16-28(27)32)12-14-24(33-29)13-8-19-7-9-22-11-10-21-3-1-2-4-25(21)30(26(22)15-19)34-18-20-5-6-20/h1-4,7-17,20,30H,5-6,18H2/b13-8+. The average Bonchev–Trinajstić information content (AvgIpc) is 3.69. The second-order valence-corrected chi connectivity index (χ2v) is 10.6. The highest BCUT2D eigenvalue weighted by Crippen LogP contribution is 2.45. The molecule has 1 unspecified atom stereocenters. The quantitative estimate of drug-likeness (QED) is 0.281. The second kappa shape index (κ2) is 9.05. The lowest BCUT2D eigenvalue weighted by Gasteiger charge is -2.20. The summed E-state index contributed by atoms with van der Waals surface area (Å²) in [6, 6.07) is 22.2. The fraction of sp³-hybridized carbons (Fsp3) is 0.167. The summed E-state index contributed by atoms with van der Waals surface area (Å²) in [6.07, 6.45) is 11.3. The van der Waals surface area contributed by atoms with Gasteiger partial charge in [-0.2, -0.15) is 0 Å². The molecule has 1 fully saturated rings. The minimum Gasteiger partial charge on any atom is -0.248 e. The largest absolute Gasteiger partial charge is 0.248 e. The van der Waals surface area contributed by atoms with E-state index in [1.54, 1.807) is 6.07 Å². The zero-order valence-corrected chi connectivity index (χ0v) is 20.1. The molecule has 168 valence electrons. The van der Waals surface area contributed by atoms with Crippen molar-refractivity contribution in [2.45, 2.75) is 18.1 Å². The lowest BCUT2D eigenvalue weighted by molar-refractivity contribution is 0.630. The lowest BCUT2D eigenvalue weighted by Crippen LogP contribution is -2.02. The van der Waals surface area contributed by atoms with Gasteiger partial charge in [-0.05, 0) is 82.7 Å². The van der Waals surface area contributed by atoms with Gasteiger partial charge in [0.2, 0.25) is 0 Å². The predicted octanol–water partition coefficient (Wildman–Crippen LogP) is 8.91. The highest BCUT2D eigenvalue weighted by molar-refractivity contribution is 7.99. The molecule has 0 aliphatic heterocycles. The Bertz CT molecular complexity index is 1450. The summed E-state index contributed by atoms with van der Waals surface area (Å²) in [5, 5.41) is 1.16. The molecule has 1 heterocycles. The van der Waals surface area contributed by atoms with Gasteiger partial charge in [0.15, 0.2) is 0 Å². The van der Waals surface area contributed by atoms with E-state index >= 15 is 0 Å². The van der Waals surface area contributed by atoms with Crippen LogP contribution < -0.4 is 0 Å². The van der Waals surface area contributed by atoms with Crippen molar-refractivity contribution in [1.82, 2.24) is 4.98 Å². The van der Waals surface area contributed by atoms with Crippen LogP contribution in [-0.2, 0) is 0 Å². The van der Waals surface area contributed by atoms with Gasteiger partial charge in [0.05, 0.1) is 21.5 Å². The minimum absolute atomic E-state index is 0.0926. The summed E-state index contributed by atoms with van der Waals surface area (Å²) < 4.78 is 13.7. The summed E-state index contributed by atoms with van der Waals surface area (Å²) in [5.41, 5.74) is 7.99. The molecule has 1 saturated carbocycles. The molecule has 3 aromatic carbocycles. The van der Waals surface area contributed by atoms with Crippen LogP contribution >= 0.6 is 23.4 Å². The highest BCUT2D eigenvalue weighted by atomic mass is 35.5. The zero-order valence-electron chi connectivity index (χ0n) is 18.5. The van der Waals surface area contributed by atoms with Crippen LogP contribution in [0.2, 0.25) is 5.02 Å². The zero-order chi connectivity index (χ0) is 23.1. The lowest BCUT2D eigenvalue weighted by atomic mass is 9.97. The van der Waals surface area contributed by atoms with Crippen LogP contribution in [0.25, 0.3) is 35.2 Å². The molecule has 0 spiro atoms. The summed E-state index contributed by atoms with van der Waals surface area (Å²) in [7, 11) is 0. The Morgan fingerprint density at radius 1 is 0.912 bits per heavy atom. The molecular formula is C30H23ClFNS. The highest BCUT2D eigenvalue weighted by Gasteiger charge is 2.27. The van der Waals surface area contributed by atoms with Gasteiger partial charge in [-0.1, -0.05) is 72.3 Å². The molecule has 1 nitrogen and oxygen atoms in total. The maximum atomic E-state index is 13.7. The molecule has 2 aliphatic carbocycles. The Morgan fingerprint density at radius 2 is 1.74 bits per heavy atom. The third-order valence-corrected chi connectivity index (χ3v) is 8.30. The topological polar surface area (TPSA) is 12.9 Å². The molecule has 0 amide bonds. The Kier molecular flexibility index (Phi) is 5.76. The van der Waals surface area contributed by atoms with Crippen LogP contribution in [0.5, 0.6) is 0 Å². The van der Waals surface area contributed by atoms with E-state index < -0.39 is 5.82 Å². The Morgan fingerprint density at radius 3 is 2.59 bits per heavy atom. The number of rotatable bonds is 5. The molecule has 34 heavy (non-hydrogen) atoms. The van der Waals surface area contributed by atoms with Gasteiger partial charge in [0.1, 0.15) is 5.82 Å². The summed E-state index contributed by atoms with van der Waals surface area (Å²) >= 11 is 8.03. The van der Waals surface area contributed by atoms with Gasteiger partial charge in [0, 0.05) is 5.39 Å². The van der Waals surface area contributed by atoms with E-state index in [9.17, 15) is 4.39 Å². The van der Waals surface area contributed by atoms with Crippen molar-refractivity contribution in [2.75, 3.05) is 5.75 Å². The molecular weight excluding hydrogens is 461 g/mol. The second-order valence-electron chi connectivity index (χ2n) is 9.04. The van der Waals surface area contributed by atoms with Crippen LogP contribution in [-0.4, -0.2) is 10.7 Å². The minimum atomic E-state index is -0.422. The molecule has 0 N–H and O–H groups in total. The third-order valence-electron chi connectivity index (χ3n) is 6.51. The first kappa shape index (κ1) is 21.6. The van der Waals surface area contributed by atoms with Crippen molar-refractivity contribution in [3.05, 3.63) is 111 Å². The molecule has 0 bridgehead atoms. The predicted molar refractivity (Wildman–Crippen MR) is 144 cm³/mol. The number of nitrogens with zero attached hydrogens (tertiary/aromatic N) is 1. The van der Waals surface area contributed by atoms with Gasteiger partial charge >= 0.3 is 0 Å². The molecule has 4 aromatic rings.